The van der Waals surface area contributed by atoms with Crippen LogP contribution in [0.2, 0.25) is 0 Å². The van der Waals surface area contributed by atoms with Crippen LogP contribution in [0.25, 0.3) is 10.6 Å². The summed E-state index contributed by atoms with van der Waals surface area (Å²) in [6.45, 7) is -0.0152. The number of ether oxygens (including phenoxy) is 2. The Morgan fingerprint density at radius 1 is 1.15 bits per heavy atom. The summed E-state index contributed by atoms with van der Waals surface area (Å²) in [5.74, 6) is 1.05. The molecule has 1 N–H and O–H groups in total. The molecule has 6 nitrogen and oxygen atoms in total. The molecule has 7 heteroatoms. The predicted molar refractivity (Wildman–Crippen MR) is 99.6 cm³/mol. The number of rotatable bonds is 6. The lowest BCUT2D eigenvalue weighted by atomic mass is 10.2. The van der Waals surface area contributed by atoms with Gasteiger partial charge in [-0.15, -0.1) is 11.3 Å². The first-order chi connectivity index (χ1) is 12.7. The Balaban J connectivity index is 1.67. The zero-order valence-electron chi connectivity index (χ0n) is 13.9. The third kappa shape index (κ3) is 4.18. The van der Waals surface area contributed by atoms with Crippen molar-refractivity contribution in [2.75, 3.05) is 19.0 Å². The summed E-state index contributed by atoms with van der Waals surface area (Å²) in [7, 11) is 1.61. The number of hydrogen-bond acceptors (Lipinski definition) is 6. The Bertz CT molecular complexity index is 928. The van der Waals surface area contributed by atoms with E-state index in [1.165, 1.54) is 11.3 Å². The fourth-order valence-electron chi connectivity index (χ4n) is 2.19. The number of methoxy groups -OCH3 is 1. The number of amides is 1. The van der Waals surface area contributed by atoms with Gasteiger partial charge in [0.1, 0.15) is 28.3 Å². The molecular formula is C19H15N3O3S. The van der Waals surface area contributed by atoms with Gasteiger partial charge in [0.25, 0.3) is 5.91 Å². The van der Waals surface area contributed by atoms with Crippen molar-refractivity contribution in [3.63, 3.8) is 0 Å². The fraction of sp³-hybridized carbons (Fsp3) is 0.105. The Hall–Kier alpha value is -3.37. The molecule has 26 heavy (non-hydrogen) atoms. The molecule has 0 radical (unpaired) electrons. The van der Waals surface area contributed by atoms with Gasteiger partial charge in [-0.1, -0.05) is 0 Å². The molecule has 1 aromatic heterocycles. The van der Waals surface area contributed by atoms with Crippen LogP contribution in [0.1, 0.15) is 10.5 Å². The molecule has 2 aromatic carbocycles. The molecular weight excluding hydrogens is 350 g/mol. The monoisotopic (exact) mass is 365 g/mol. The van der Waals surface area contributed by atoms with E-state index in [1.54, 1.807) is 36.8 Å². The average molecular weight is 365 g/mol. The van der Waals surface area contributed by atoms with Crippen molar-refractivity contribution in [1.82, 2.24) is 4.98 Å². The first kappa shape index (κ1) is 17.5. The van der Waals surface area contributed by atoms with Gasteiger partial charge in [-0.3, -0.25) is 4.79 Å². The van der Waals surface area contributed by atoms with Crippen LogP contribution < -0.4 is 14.8 Å². The van der Waals surface area contributed by atoms with Crippen molar-refractivity contribution >= 4 is 22.9 Å². The molecule has 0 unspecified atom stereocenters. The van der Waals surface area contributed by atoms with E-state index in [1.807, 2.05) is 30.3 Å². The minimum atomic E-state index is -0.285. The molecule has 3 aromatic rings. The van der Waals surface area contributed by atoms with E-state index in [4.69, 9.17) is 14.7 Å². The van der Waals surface area contributed by atoms with E-state index in [-0.39, 0.29) is 12.5 Å². The summed E-state index contributed by atoms with van der Waals surface area (Å²) in [6.07, 6.45) is 0. The molecule has 0 atom stereocenters. The Labute approximate surface area is 154 Å². The van der Waals surface area contributed by atoms with Gasteiger partial charge in [0.2, 0.25) is 0 Å². The summed E-state index contributed by atoms with van der Waals surface area (Å²) < 4.78 is 10.3. The molecule has 0 saturated heterocycles. The van der Waals surface area contributed by atoms with Crippen LogP contribution in [0, 0.1) is 11.3 Å². The molecule has 0 saturated carbocycles. The minimum Gasteiger partial charge on any atom is -0.497 e. The van der Waals surface area contributed by atoms with Crippen LogP contribution in [0.3, 0.4) is 0 Å². The molecule has 3 rings (SSSR count). The highest BCUT2D eigenvalue weighted by atomic mass is 32.1. The van der Waals surface area contributed by atoms with Crippen LogP contribution in [0.5, 0.6) is 11.5 Å². The lowest BCUT2D eigenvalue weighted by molar-refractivity contribution is 0.102. The van der Waals surface area contributed by atoms with E-state index in [0.717, 1.165) is 16.3 Å². The third-order valence-electron chi connectivity index (χ3n) is 3.49. The van der Waals surface area contributed by atoms with E-state index < -0.39 is 0 Å². The maximum absolute atomic E-state index is 12.4. The SMILES string of the molecule is COc1ccc(-c2nc(C(=O)Nc3ccc(OCC#N)cc3)cs2)cc1. The number of thiazole rings is 1. The van der Waals surface area contributed by atoms with Gasteiger partial charge in [-0.2, -0.15) is 5.26 Å². The lowest BCUT2D eigenvalue weighted by Crippen LogP contribution is -2.12. The Morgan fingerprint density at radius 2 is 1.85 bits per heavy atom. The van der Waals surface area contributed by atoms with Crippen molar-refractivity contribution in [3.05, 3.63) is 59.6 Å². The summed E-state index contributed by atoms with van der Waals surface area (Å²) >= 11 is 1.40. The fourth-order valence-corrected chi connectivity index (χ4v) is 3.00. The van der Waals surface area contributed by atoms with Crippen LogP contribution in [-0.4, -0.2) is 24.6 Å². The lowest BCUT2D eigenvalue weighted by Gasteiger charge is -2.05. The number of nitriles is 1. The summed E-state index contributed by atoms with van der Waals surface area (Å²) in [5.41, 5.74) is 1.90. The van der Waals surface area contributed by atoms with Crippen molar-refractivity contribution in [2.45, 2.75) is 0 Å². The van der Waals surface area contributed by atoms with E-state index >= 15 is 0 Å². The number of aromatic nitrogens is 1. The molecule has 0 spiro atoms. The highest BCUT2D eigenvalue weighted by Crippen LogP contribution is 2.26. The molecule has 0 aliphatic heterocycles. The normalized spacial score (nSPS) is 10.0. The number of benzene rings is 2. The van der Waals surface area contributed by atoms with Gasteiger partial charge in [0.15, 0.2) is 6.61 Å². The van der Waals surface area contributed by atoms with Gasteiger partial charge in [-0.05, 0) is 48.5 Å². The Kier molecular flexibility index (Phi) is 5.46. The molecule has 0 aliphatic carbocycles. The van der Waals surface area contributed by atoms with Gasteiger partial charge >= 0.3 is 0 Å². The van der Waals surface area contributed by atoms with Gasteiger partial charge in [-0.25, -0.2) is 4.98 Å². The summed E-state index contributed by atoms with van der Waals surface area (Å²) in [5, 5.41) is 13.8. The molecule has 0 bridgehead atoms. The second-order valence-electron chi connectivity index (χ2n) is 5.19. The number of carbonyl (C=O) groups excluding carboxylic acids is 1. The largest absolute Gasteiger partial charge is 0.497 e. The number of nitrogens with zero attached hydrogens (tertiary/aromatic N) is 2. The van der Waals surface area contributed by atoms with Crippen molar-refractivity contribution < 1.29 is 14.3 Å². The van der Waals surface area contributed by atoms with Gasteiger partial charge in [0.05, 0.1) is 7.11 Å². The maximum Gasteiger partial charge on any atom is 0.275 e. The zero-order valence-corrected chi connectivity index (χ0v) is 14.7. The minimum absolute atomic E-state index is 0.0152. The first-order valence-corrected chi connectivity index (χ1v) is 8.58. The smallest absolute Gasteiger partial charge is 0.275 e. The molecule has 0 aliphatic rings. The molecule has 130 valence electrons. The summed E-state index contributed by atoms with van der Waals surface area (Å²) in [6, 6.07) is 16.2. The van der Waals surface area contributed by atoms with Crippen LogP contribution in [0.4, 0.5) is 5.69 Å². The zero-order chi connectivity index (χ0) is 18.4. The van der Waals surface area contributed by atoms with Crippen LogP contribution >= 0.6 is 11.3 Å². The van der Waals surface area contributed by atoms with E-state index in [0.29, 0.717) is 17.1 Å². The van der Waals surface area contributed by atoms with Crippen LogP contribution in [0.15, 0.2) is 53.9 Å². The van der Waals surface area contributed by atoms with Gasteiger partial charge in [0, 0.05) is 16.6 Å². The van der Waals surface area contributed by atoms with E-state index in [9.17, 15) is 4.79 Å². The average Bonchev–Trinajstić information content (AvgIpc) is 3.18. The Morgan fingerprint density at radius 3 is 2.50 bits per heavy atom. The second kappa shape index (κ2) is 8.14. The van der Waals surface area contributed by atoms with Crippen molar-refractivity contribution in [2.24, 2.45) is 0 Å². The molecule has 1 heterocycles. The quantitative estimate of drug-likeness (QED) is 0.714. The predicted octanol–water partition coefficient (Wildman–Crippen LogP) is 3.97. The van der Waals surface area contributed by atoms with Crippen molar-refractivity contribution in [1.29, 1.82) is 5.26 Å². The topological polar surface area (TPSA) is 84.2 Å². The summed E-state index contributed by atoms with van der Waals surface area (Å²) in [4.78, 5) is 16.7. The second-order valence-corrected chi connectivity index (χ2v) is 6.05. The standard InChI is InChI=1S/C19H15N3O3S/c1-24-15-6-2-13(3-7-15)19-22-17(12-26-19)18(23)21-14-4-8-16(9-5-14)25-11-10-20/h2-9,12H,11H2,1H3,(H,21,23). The third-order valence-corrected chi connectivity index (χ3v) is 4.38. The highest BCUT2D eigenvalue weighted by molar-refractivity contribution is 7.13. The number of anilines is 1. The van der Waals surface area contributed by atoms with E-state index in [2.05, 4.69) is 10.3 Å². The van der Waals surface area contributed by atoms with Crippen LogP contribution in [-0.2, 0) is 0 Å². The number of carbonyl (C=O) groups is 1. The van der Waals surface area contributed by atoms with Gasteiger partial charge < -0.3 is 14.8 Å². The number of nitrogens with one attached hydrogen (secondary N) is 1. The van der Waals surface area contributed by atoms with Crippen molar-refractivity contribution in [3.8, 4) is 28.1 Å². The first-order valence-electron chi connectivity index (χ1n) is 7.70. The number of hydrogen-bond donors (Lipinski definition) is 1. The maximum atomic E-state index is 12.4. The molecule has 1 amide bonds. The molecule has 0 fully saturated rings. The highest BCUT2D eigenvalue weighted by Gasteiger charge is 2.12.